The third-order valence-electron chi connectivity index (χ3n) is 5.94. The molecular weight excluding hydrogens is 352 g/mol. The van der Waals surface area contributed by atoms with Gasteiger partial charge >= 0.3 is 0 Å². The summed E-state index contributed by atoms with van der Waals surface area (Å²) in [5.41, 5.74) is 4.24. The van der Waals surface area contributed by atoms with Crippen molar-refractivity contribution in [2.45, 2.75) is 35.0 Å². The van der Waals surface area contributed by atoms with E-state index in [-0.39, 0.29) is 5.41 Å². The van der Waals surface area contributed by atoms with Crippen LogP contribution in [-0.4, -0.2) is 32.1 Å². The van der Waals surface area contributed by atoms with E-state index in [1.807, 2.05) is 11.8 Å². The van der Waals surface area contributed by atoms with Crippen LogP contribution in [0.15, 0.2) is 63.3 Å². The Labute approximate surface area is 165 Å². The number of amidine groups is 1. The van der Waals surface area contributed by atoms with Crippen LogP contribution in [0, 0.1) is 0 Å². The number of benzene rings is 2. The fourth-order valence-electron chi connectivity index (χ4n) is 4.17. The maximum Gasteiger partial charge on any atom is 0.128 e. The highest BCUT2D eigenvalue weighted by Crippen LogP contribution is 2.39. The van der Waals surface area contributed by atoms with Crippen LogP contribution in [-0.2, 0) is 10.2 Å². The smallest absolute Gasteiger partial charge is 0.128 e. The summed E-state index contributed by atoms with van der Waals surface area (Å²) in [6.07, 6.45) is 6.53. The van der Waals surface area contributed by atoms with Crippen LogP contribution < -0.4 is 4.90 Å². The molecule has 2 aromatic rings. The molecule has 0 amide bonds. The second kappa shape index (κ2) is 6.84. The van der Waals surface area contributed by atoms with E-state index in [1.165, 1.54) is 26.6 Å². The lowest BCUT2D eigenvalue weighted by molar-refractivity contribution is 0.0564. The van der Waals surface area contributed by atoms with E-state index in [9.17, 15) is 0 Å². The van der Waals surface area contributed by atoms with Gasteiger partial charge in [-0.2, -0.15) is 0 Å². The molecule has 138 valence electrons. The molecule has 0 spiro atoms. The Balaban J connectivity index is 1.40. The summed E-state index contributed by atoms with van der Waals surface area (Å²) in [6, 6.07) is 15.8. The van der Waals surface area contributed by atoms with Gasteiger partial charge in [-0.1, -0.05) is 30.8 Å². The maximum absolute atomic E-state index is 5.57. The monoisotopic (exact) mass is 376 g/mol. The Morgan fingerprint density at radius 3 is 2.78 bits per heavy atom. The highest BCUT2D eigenvalue weighted by Gasteiger charge is 2.29. The quantitative estimate of drug-likeness (QED) is 0.740. The first kappa shape index (κ1) is 17.1. The Morgan fingerprint density at radius 2 is 1.89 bits per heavy atom. The van der Waals surface area contributed by atoms with Gasteiger partial charge in [-0.05, 0) is 71.9 Å². The molecule has 0 atom stereocenters. The summed E-state index contributed by atoms with van der Waals surface area (Å²) in [7, 11) is 0. The van der Waals surface area contributed by atoms with Crippen LogP contribution >= 0.6 is 11.8 Å². The molecule has 0 saturated carbocycles. The minimum atomic E-state index is 0.235. The van der Waals surface area contributed by atoms with E-state index in [0.717, 1.165) is 45.0 Å². The number of hydrogen-bond donors (Lipinski definition) is 0. The van der Waals surface area contributed by atoms with Gasteiger partial charge in [0.15, 0.2) is 0 Å². The first-order valence-electron chi connectivity index (χ1n) is 9.72. The predicted molar refractivity (Wildman–Crippen MR) is 113 cm³/mol. The molecule has 1 saturated heterocycles. The topological polar surface area (TPSA) is 24.8 Å². The van der Waals surface area contributed by atoms with Gasteiger partial charge in [0.25, 0.3) is 0 Å². The third-order valence-corrected chi connectivity index (χ3v) is 6.92. The summed E-state index contributed by atoms with van der Waals surface area (Å²) in [6.45, 7) is 5.99. The van der Waals surface area contributed by atoms with Gasteiger partial charge in [-0.25, -0.2) is 0 Å². The number of anilines is 1. The minimum absolute atomic E-state index is 0.235. The number of aliphatic imine (C=N–C) groups is 1. The number of rotatable bonds is 3. The lowest BCUT2D eigenvalue weighted by Crippen LogP contribution is -2.30. The summed E-state index contributed by atoms with van der Waals surface area (Å²) in [4.78, 5) is 9.46. The van der Waals surface area contributed by atoms with Crippen molar-refractivity contribution in [3.8, 4) is 0 Å². The molecule has 0 aliphatic carbocycles. The molecule has 3 aliphatic rings. The second-order valence-corrected chi connectivity index (χ2v) is 8.90. The molecule has 0 bridgehead atoms. The zero-order chi connectivity index (χ0) is 18.3. The zero-order valence-electron chi connectivity index (χ0n) is 15.6. The van der Waals surface area contributed by atoms with Crippen LogP contribution in [0.2, 0.25) is 0 Å². The summed E-state index contributed by atoms with van der Waals surface area (Å²) >= 11 is 1.85. The average molecular weight is 377 g/mol. The molecule has 0 unspecified atom stereocenters. The molecule has 3 nitrogen and oxygen atoms in total. The zero-order valence-corrected chi connectivity index (χ0v) is 16.5. The van der Waals surface area contributed by atoms with E-state index in [2.05, 4.69) is 71.4 Å². The highest BCUT2D eigenvalue weighted by molar-refractivity contribution is 7.99. The van der Waals surface area contributed by atoms with Gasteiger partial charge in [0.05, 0.1) is 6.54 Å². The van der Waals surface area contributed by atoms with Gasteiger partial charge in [-0.3, -0.25) is 4.99 Å². The lowest BCUT2D eigenvalue weighted by atomic mass is 9.76. The van der Waals surface area contributed by atoms with Crippen molar-refractivity contribution in [1.82, 2.24) is 0 Å². The van der Waals surface area contributed by atoms with E-state index >= 15 is 0 Å². The summed E-state index contributed by atoms with van der Waals surface area (Å²) < 4.78 is 5.57. The van der Waals surface area contributed by atoms with E-state index in [1.54, 1.807) is 0 Å². The SMILES string of the molecule is CC1(c2cccc(Sc3ccc4c(c3)C=CC3=NCCN34)c2)CCOCC1. The van der Waals surface area contributed by atoms with E-state index < -0.39 is 0 Å². The molecule has 3 aliphatic heterocycles. The fourth-order valence-corrected chi connectivity index (χ4v) is 5.10. The Bertz CT molecular complexity index is 928. The molecule has 27 heavy (non-hydrogen) atoms. The van der Waals surface area contributed by atoms with Crippen molar-refractivity contribution in [2.75, 3.05) is 31.2 Å². The first-order valence-corrected chi connectivity index (χ1v) is 10.5. The molecule has 0 radical (unpaired) electrons. The molecule has 0 N–H and O–H groups in total. The highest BCUT2D eigenvalue weighted by atomic mass is 32.2. The Morgan fingerprint density at radius 1 is 1.04 bits per heavy atom. The molecule has 0 aromatic heterocycles. The van der Waals surface area contributed by atoms with Crippen molar-refractivity contribution >= 4 is 29.4 Å². The molecule has 5 rings (SSSR count). The lowest BCUT2D eigenvalue weighted by Gasteiger charge is -2.34. The standard InChI is InChI=1S/C23H24N2OS/c1-23(9-13-26-14-10-23)18-3-2-4-19(16-18)27-20-6-7-21-17(15-20)5-8-22-24-11-12-25(21)22/h2-8,15-16H,9-14H2,1H3. The molecular formula is C23H24N2OS. The van der Waals surface area contributed by atoms with Crippen molar-refractivity contribution in [3.05, 3.63) is 59.7 Å². The fraction of sp³-hybridized carbons (Fsp3) is 0.348. The van der Waals surface area contributed by atoms with Crippen LogP contribution in [0.1, 0.15) is 30.9 Å². The number of nitrogens with zero attached hydrogens (tertiary/aromatic N) is 2. The molecule has 1 fully saturated rings. The third kappa shape index (κ3) is 3.21. The Hall–Kier alpha value is -2.04. The van der Waals surface area contributed by atoms with Crippen molar-refractivity contribution in [3.63, 3.8) is 0 Å². The van der Waals surface area contributed by atoms with Gasteiger partial charge < -0.3 is 9.64 Å². The molecule has 2 aromatic carbocycles. The number of ether oxygens (including phenoxy) is 1. The predicted octanol–water partition coefficient (Wildman–Crippen LogP) is 5.15. The van der Waals surface area contributed by atoms with Gasteiger partial charge in [0.1, 0.15) is 5.84 Å². The van der Waals surface area contributed by atoms with Crippen LogP contribution in [0.5, 0.6) is 0 Å². The van der Waals surface area contributed by atoms with Crippen LogP contribution in [0.4, 0.5) is 5.69 Å². The minimum Gasteiger partial charge on any atom is -0.381 e. The van der Waals surface area contributed by atoms with Crippen molar-refractivity contribution in [2.24, 2.45) is 4.99 Å². The van der Waals surface area contributed by atoms with Crippen molar-refractivity contribution in [1.29, 1.82) is 0 Å². The van der Waals surface area contributed by atoms with Gasteiger partial charge in [0.2, 0.25) is 0 Å². The largest absolute Gasteiger partial charge is 0.381 e. The Kier molecular flexibility index (Phi) is 4.33. The van der Waals surface area contributed by atoms with E-state index in [0.29, 0.717) is 0 Å². The van der Waals surface area contributed by atoms with Crippen molar-refractivity contribution < 1.29 is 4.74 Å². The molecule has 4 heteroatoms. The molecule has 3 heterocycles. The second-order valence-electron chi connectivity index (χ2n) is 7.75. The summed E-state index contributed by atoms with van der Waals surface area (Å²) in [5, 5.41) is 0. The van der Waals surface area contributed by atoms with Gasteiger partial charge in [0, 0.05) is 35.2 Å². The summed E-state index contributed by atoms with van der Waals surface area (Å²) in [5.74, 6) is 1.10. The van der Waals surface area contributed by atoms with Gasteiger partial charge in [-0.15, -0.1) is 0 Å². The van der Waals surface area contributed by atoms with Crippen LogP contribution in [0.25, 0.3) is 6.08 Å². The average Bonchev–Trinajstić information content (AvgIpc) is 3.18. The number of fused-ring (bicyclic) bond motifs is 3. The first-order chi connectivity index (χ1) is 13.2. The van der Waals surface area contributed by atoms with Crippen LogP contribution in [0.3, 0.4) is 0 Å². The maximum atomic E-state index is 5.57. The number of hydrogen-bond acceptors (Lipinski definition) is 4. The normalized spacial score (nSPS) is 20.2. The van der Waals surface area contributed by atoms with E-state index in [4.69, 9.17) is 4.74 Å².